The molecular formula is C23H36N2. The molecule has 0 aliphatic rings. The number of rotatable bonds is 9. The average Bonchev–Trinajstić information content (AvgIpc) is 2.65. The van der Waals surface area contributed by atoms with Crippen LogP contribution in [0.25, 0.3) is 0 Å². The second-order valence-corrected chi connectivity index (χ2v) is 7.02. The summed E-state index contributed by atoms with van der Waals surface area (Å²) in [5, 5.41) is 3.70. The Balaban J connectivity index is 0.000000324. The molecule has 0 bridgehead atoms. The molecule has 0 aromatic heterocycles. The minimum Gasteiger partial charge on any atom is -0.326 e. The van der Waals surface area contributed by atoms with Crippen LogP contribution < -0.4 is 11.1 Å². The number of unbranched alkanes of at least 4 members (excludes halogenated alkanes) is 1. The Morgan fingerprint density at radius 2 is 1.44 bits per heavy atom. The normalized spacial score (nSPS) is 11.7. The molecule has 2 heteroatoms. The molecule has 1 atom stereocenters. The lowest BCUT2D eigenvalue weighted by molar-refractivity contribution is 0.388. The van der Waals surface area contributed by atoms with Crippen molar-refractivity contribution in [2.75, 3.05) is 0 Å². The lowest BCUT2D eigenvalue weighted by Gasteiger charge is -2.20. The van der Waals surface area contributed by atoms with Crippen molar-refractivity contribution in [3.8, 4) is 0 Å². The Hall–Kier alpha value is -1.64. The van der Waals surface area contributed by atoms with E-state index in [1.807, 2.05) is 30.3 Å². The zero-order valence-electron chi connectivity index (χ0n) is 16.2. The second-order valence-electron chi connectivity index (χ2n) is 7.02. The molecule has 3 N–H and O–H groups in total. The van der Waals surface area contributed by atoms with E-state index in [0.717, 1.165) is 12.5 Å². The van der Waals surface area contributed by atoms with Crippen molar-refractivity contribution in [1.82, 2.24) is 5.32 Å². The molecule has 0 aliphatic heterocycles. The Kier molecular flexibility index (Phi) is 11.7. The Labute approximate surface area is 154 Å². The zero-order valence-corrected chi connectivity index (χ0v) is 16.2. The molecule has 138 valence electrons. The summed E-state index contributed by atoms with van der Waals surface area (Å²) in [6.45, 7) is 8.53. The Bertz CT molecular complexity index is 522. The first-order valence-electron chi connectivity index (χ1n) is 9.67. The van der Waals surface area contributed by atoms with Gasteiger partial charge >= 0.3 is 0 Å². The van der Waals surface area contributed by atoms with Gasteiger partial charge in [-0.25, -0.2) is 0 Å². The fourth-order valence-corrected chi connectivity index (χ4v) is 2.79. The molecule has 25 heavy (non-hydrogen) atoms. The van der Waals surface area contributed by atoms with E-state index in [1.54, 1.807) is 0 Å². The van der Waals surface area contributed by atoms with Crippen molar-refractivity contribution in [2.45, 2.75) is 65.6 Å². The van der Waals surface area contributed by atoms with Gasteiger partial charge in [-0.05, 0) is 29.9 Å². The van der Waals surface area contributed by atoms with E-state index in [-0.39, 0.29) is 0 Å². The highest BCUT2D eigenvalue weighted by molar-refractivity contribution is 5.14. The first-order valence-corrected chi connectivity index (χ1v) is 9.67. The van der Waals surface area contributed by atoms with Crippen molar-refractivity contribution in [2.24, 2.45) is 11.7 Å². The van der Waals surface area contributed by atoms with E-state index in [2.05, 4.69) is 56.4 Å². The molecule has 0 heterocycles. The highest BCUT2D eigenvalue weighted by Gasteiger charge is 2.09. The van der Waals surface area contributed by atoms with Crippen LogP contribution in [0.5, 0.6) is 0 Å². The second kappa shape index (κ2) is 13.6. The van der Waals surface area contributed by atoms with Gasteiger partial charge in [0.1, 0.15) is 0 Å². The van der Waals surface area contributed by atoms with Crippen LogP contribution in [0.3, 0.4) is 0 Å². The number of hydrogen-bond donors (Lipinski definition) is 2. The predicted molar refractivity (Wildman–Crippen MR) is 110 cm³/mol. The van der Waals surface area contributed by atoms with Gasteiger partial charge in [0.2, 0.25) is 0 Å². The molecule has 2 aromatic carbocycles. The van der Waals surface area contributed by atoms with Crippen LogP contribution in [0.4, 0.5) is 0 Å². The van der Waals surface area contributed by atoms with Crippen LogP contribution >= 0.6 is 0 Å². The lowest BCUT2D eigenvalue weighted by Crippen LogP contribution is -2.30. The van der Waals surface area contributed by atoms with Gasteiger partial charge in [-0.15, -0.1) is 0 Å². The number of benzene rings is 2. The number of nitrogens with two attached hydrogens (primary N) is 1. The van der Waals surface area contributed by atoms with E-state index >= 15 is 0 Å². The average molecular weight is 341 g/mol. The summed E-state index contributed by atoms with van der Waals surface area (Å²) in [6, 6.07) is 21.4. The first-order chi connectivity index (χ1) is 12.2. The topological polar surface area (TPSA) is 38.0 Å². The molecular weight excluding hydrogens is 304 g/mol. The molecule has 0 radical (unpaired) electrons. The first kappa shape index (κ1) is 21.4. The van der Waals surface area contributed by atoms with Gasteiger partial charge < -0.3 is 11.1 Å². The van der Waals surface area contributed by atoms with Gasteiger partial charge in [0.05, 0.1) is 0 Å². The Morgan fingerprint density at radius 3 is 1.88 bits per heavy atom. The van der Waals surface area contributed by atoms with Crippen molar-refractivity contribution >= 4 is 0 Å². The minimum atomic E-state index is 0.640. The maximum Gasteiger partial charge on any atom is 0.0208 e. The maximum absolute atomic E-state index is 5.35. The standard InChI is InChI=1S/C16H27N.C7H9N/c1-4-5-11-16(12-14(2)3)17-13-15-9-7-6-8-10-15;8-6-7-4-2-1-3-5-7/h6-10,14,16-17H,4-5,11-13H2,1-3H3;1-5H,6,8H2. The summed E-state index contributed by atoms with van der Waals surface area (Å²) in [6.07, 6.45) is 5.22. The molecule has 2 rings (SSSR count). The minimum absolute atomic E-state index is 0.640. The van der Waals surface area contributed by atoms with Crippen molar-refractivity contribution in [1.29, 1.82) is 0 Å². The van der Waals surface area contributed by atoms with E-state index in [0.29, 0.717) is 12.6 Å². The SMILES string of the molecule is CCCCC(CC(C)C)NCc1ccccc1.NCc1ccccc1. The van der Waals surface area contributed by atoms with Crippen molar-refractivity contribution < 1.29 is 0 Å². The monoisotopic (exact) mass is 340 g/mol. The molecule has 0 spiro atoms. The smallest absolute Gasteiger partial charge is 0.0208 e. The van der Waals surface area contributed by atoms with Crippen LogP contribution in [0, 0.1) is 5.92 Å². The molecule has 0 fully saturated rings. The summed E-state index contributed by atoms with van der Waals surface area (Å²) in [5.41, 5.74) is 7.92. The van der Waals surface area contributed by atoms with Crippen LogP contribution in [-0.4, -0.2) is 6.04 Å². The summed E-state index contributed by atoms with van der Waals surface area (Å²) in [5.74, 6) is 0.778. The zero-order chi connectivity index (χ0) is 18.3. The van der Waals surface area contributed by atoms with Crippen molar-refractivity contribution in [3.63, 3.8) is 0 Å². The van der Waals surface area contributed by atoms with Crippen LogP contribution in [0.2, 0.25) is 0 Å². The molecule has 0 amide bonds. The summed E-state index contributed by atoms with van der Waals surface area (Å²) >= 11 is 0. The molecule has 2 aromatic rings. The van der Waals surface area contributed by atoms with Crippen LogP contribution in [0.1, 0.15) is 57.6 Å². The third kappa shape index (κ3) is 10.8. The van der Waals surface area contributed by atoms with Gasteiger partial charge in [-0.1, -0.05) is 94.3 Å². The summed E-state index contributed by atoms with van der Waals surface area (Å²) < 4.78 is 0. The highest BCUT2D eigenvalue weighted by Crippen LogP contribution is 2.12. The number of nitrogens with one attached hydrogen (secondary N) is 1. The molecule has 0 saturated carbocycles. The van der Waals surface area contributed by atoms with Crippen LogP contribution in [-0.2, 0) is 13.1 Å². The quantitative estimate of drug-likeness (QED) is 0.630. The van der Waals surface area contributed by atoms with Crippen molar-refractivity contribution in [3.05, 3.63) is 71.8 Å². The molecule has 1 unspecified atom stereocenters. The van der Waals surface area contributed by atoms with Gasteiger partial charge in [0.15, 0.2) is 0 Å². The molecule has 0 saturated heterocycles. The largest absolute Gasteiger partial charge is 0.326 e. The Morgan fingerprint density at radius 1 is 0.880 bits per heavy atom. The van der Waals surface area contributed by atoms with Gasteiger partial charge in [-0.2, -0.15) is 0 Å². The van der Waals surface area contributed by atoms with Gasteiger partial charge in [0.25, 0.3) is 0 Å². The fraction of sp³-hybridized carbons (Fsp3) is 0.478. The summed E-state index contributed by atoms with van der Waals surface area (Å²) in [4.78, 5) is 0. The van der Waals surface area contributed by atoms with Gasteiger partial charge in [0, 0.05) is 19.1 Å². The molecule has 2 nitrogen and oxygen atoms in total. The molecule has 0 aliphatic carbocycles. The van der Waals surface area contributed by atoms with E-state index in [4.69, 9.17) is 5.73 Å². The van der Waals surface area contributed by atoms with E-state index in [1.165, 1.54) is 36.8 Å². The predicted octanol–water partition coefficient (Wildman–Crippen LogP) is 5.53. The maximum atomic E-state index is 5.35. The summed E-state index contributed by atoms with van der Waals surface area (Å²) in [7, 11) is 0. The lowest BCUT2D eigenvalue weighted by atomic mass is 9.99. The third-order valence-electron chi connectivity index (χ3n) is 4.18. The van der Waals surface area contributed by atoms with E-state index in [9.17, 15) is 0 Å². The van der Waals surface area contributed by atoms with Gasteiger partial charge in [-0.3, -0.25) is 0 Å². The third-order valence-corrected chi connectivity index (χ3v) is 4.18. The van der Waals surface area contributed by atoms with E-state index < -0.39 is 0 Å². The highest BCUT2D eigenvalue weighted by atomic mass is 14.9. The van der Waals surface area contributed by atoms with Crippen LogP contribution in [0.15, 0.2) is 60.7 Å². The number of hydrogen-bond acceptors (Lipinski definition) is 2. The fourth-order valence-electron chi connectivity index (χ4n) is 2.79.